The lowest BCUT2D eigenvalue weighted by molar-refractivity contribution is 0.488. The van der Waals surface area contributed by atoms with Gasteiger partial charge in [0.25, 0.3) is 0 Å². The SMILES string of the molecule is O=S(=O)(Oc1cccc2cccnc12)c1ccc(CBr)cc1. The molecular formula is C16H12BrNO3S. The van der Waals surface area contributed by atoms with E-state index in [1.54, 1.807) is 36.5 Å². The highest BCUT2D eigenvalue weighted by molar-refractivity contribution is 9.08. The molecule has 0 atom stereocenters. The van der Waals surface area contributed by atoms with Crippen LogP contribution in [0.15, 0.2) is 65.7 Å². The normalized spacial score (nSPS) is 11.5. The fraction of sp³-hybridized carbons (Fsp3) is 0.0625. The molecule has 0 spiro atoms. The maximum atomic E-state index is 12.4. The highest BCUT2D eigenvalue weighted by atomic mass is 79.9. The minimum Gasteiger partial charge on any atom is -0.377 e. The second-order valence-corrected chi connectivity index (χ2v) is 6.75. The molecule has 0 radical (unpaired) electrons. The van der Waals surface area contributed by atoms with E-state index in [2.05, 4.69) is 20.9 Å². The lowest BCUT2D eigenvalue weighted by atomic mass is 10.2. The van der Waals surface area contributed by atoms with Crippen LogP contribution in [0.2, 0.25) is 0 Å². The van der Waals surface area contributed by atoms with Crippen LogP contribution >= 0.6 is 15.9 Å². The Balaban J connectivity index is 1.99. The maximum Gasteiger partial charge on any atom is 0.339 e. The minimum absolute atomic E-state index is 0.116. The van der Waals surface area contributed by atoms with Gasteiger partial charge in [-0.2, -0.15) is 8.42 Å². The van der Waals surface area contributed by atoms with Gasteiger partial charge in [0.15, 0.2) is 5.75 Å². The van der Waals surface area contributed by atoms with E-state index in [0.29, 0.717) is 10.8 Å². The van der Waals surface area contributed by atoms with Crippen molar-refractivity contribution in [1.29, 1.82) is 0 Å². The number of rotatable bonds is 4. The first-order valence-corrected chi connectivity index (χ1v) is 9.06. The number of hydrogen-bond acceptors (Lipinski definition) is 4. The fourth-order valence-electron chi connectivity index (χ4n) is 2.05. The predicted octanol–water partition coefficient (Wildman–Crippen LogP) is 3.90. The molecular weight excluding hydrogens is 366 g/mol. The number of nitrogens with zero attached hydrogens (tertiary/aromatic N) is 1. The Morgan fingerprint density at radius 1 is 1.00 bits per heavy atom. The molecule has 0 N–H and O–H groups in total. The van der Waals surface area contributed by atoms with Gasteiger partial charge in [-0.3, -0.25) is 4.98 Å². The molecule has 112 valence electrons. The van der Waals surface area contributed by atoms with Gasteiger partial charge in [-0.1, -0.05) is 46.3 Å². The van der Waals surface area contributed by atoms with Crippen molar-refractivity contribution in [2.45, 2.75) is 10.2 Å². The molecule has 2 aromatic carbocycles. The molecule has 0 saturated carbocycles. The molecule has 0 bridgehead atoms. The van der Waals surface area contributed by atoms with E-state index in [9.17, 15) is 8.42 Å². The van der Waals surface area contributed by atoms with Gasteiger partial charge in [-0.15, -0.1) is 0 Å². The zero-order valence-electron chi connectivity index (χ0n) is 11.4. The monoisotopic (exact) mass is 377 g/mol. The standard InChI is InChI=1S/C16H12BrNO3S/c17-11-12-6-8-14(9-7-12)22(19,20)21-15-5-1-3-13-4-2-10-18-16(13)15/h1-10H,11H2. The van der Waals surface area contributed by atoms with E-state index in [-0.39, 0.29) is 10.6 Å². The molecule has 3 aromatic rings. The minimum atomic E-state index is -3.89. The largest absolute Gasteiger partial charge is 0.377 e. The highest BCUT2D eigenvalue weighted by Crippen LogP contribution is 2.26. The Labute approximate surface area is 137 Å². The van der Waals surface area contributed by atoms with Crippen LogP contribution in [0, 0.1) is 0 Å². The fourth-order valence-corrected chi connectivity index (χ4v) is 3.37. The topological polar surface area (TPSA) is 56.3 Å². The van der Waals surface area contributed by atoms with Crippen LogP contribution in [-0.4, -0.2) is 13.4 Å². The molecule has 0 fully saturated rings. The Bertz CT molecular complexity index is 903. The van der Waals surface area contributed by atoms with Crippen LogP contribution < -0.4 is 4.18 Å². The first-order valence-electron chi connectivity index (χ1n) is 6.53. The van der Waals surface area contributed by atoms with Gasteiger partial charge in [0, 0.05) is 16.9 Å². The molecule has 0 aliphatic carbocycles. The van der Waals surface area contributed by atoms with E-state index in [1.165, 1.54) is 12.1 Å². The molecule has 4 nitrogen and oxygen atoms in total. The van der Waals surface area contributed by atoms with Gasteiger partial charge in [0.1, 0.15) is 10.4 Å². The van der Waals surface area contributed by atoms with Gasteiger partial charge in [-0.25, -0.2) is 0 Å². The average Bonchev–Trinajstić information content (AvgIpc) is 2.55. The summed E-state index contributed by atoms with van der Waals surface area (Å²) in [5.41, 5.74) is 1.51. The second-order valence-electron chi connectivity index (χ2n) is 4.65. The van der Waals surface area contributed by atoms with E-state index in [1.807, 2.05) is 12.1 Å². The van der Waals surface area contributed by atoms with Crippen molar-refractivity contribution >= 4 is 37.0 Å². The lowest BCUT2D eigenvalue weighted by Gasteiger charge is -2.09. The van der Waals surface area contributed by atoms with Crippen LogP contribution in [-0.2, 0) is 15.4 Å². The smallest absolute Gasteiger partial charge is 0.339 e. The first-order chi connectivity index (χ1) is 10.6. The number of para-hydroxylation sites is 1. The lowest BCUT2D eigenvalue weighted by Crippen LogP contribution is -2.10. The number of alkyl halides is 1. The van der Waals surface area contributed by atoms with E-state index in [4.69, 9.17) is 4.18 Å². The Morgan fingerprint density at radius 3 is 2.45 bits per heavy atom. The van der Waals surface area contributed by atoms with E-state index < -0.39 is 10.1 Å². The van der Waals surface area contributed by atoms with E-state index >= 15 is 0 Å². The third-order valence-corrected chi connectivity index (χ3v) is 5.06. The molecule has 1 heterocycles. The zero-order chi connectivity index (χ0) is 15.6. The summed E-state index contributed by atoms with van der Waals surface area (Å²) < 4.78 is 30.0. The highest BCUT2D eigenvalue weighted by Gasteiger charge is 2.18. The summed E-state index contributed by atoms with van der Waals surface area (Å²) in [6.07, 6.45) is 1.60. The quantitative estimate of drug-likeness (QED) is 0.511. The third kappa shape index (κ3) is 2.98. The number of fused-ring (bicyclic) bond motifs is 1. The summed E-state index contributed by atoms with van der Waals surface area (Å²) in [5, 5.41) is 1.49. The van der Waals surface area contributed by atoms with Crippen LogP contribution in [0.4, 0.5) is 0 Å². The Hall–Kier alpha value is -1.92. The first kappa shape index (κ1) is 15.0. The number of benzene rings is 2. The average molecular weight is 378 g/mol. The van der Waals surface area contributed by atoms with Crippen LogP contribution in [0.1, 0.15) is 5.56 Å². The Kier molecular flexibility index (Phi) is 4.13. The van der Waals surface area contributed by atoms with Gasteiger partial charge in [0.2, 0.25) is 0 Å². The van der Waals surface area contributed by atoms with Crippen molar-refractivity contribution in [3.05, 3.63) is 66.4 Å². The summed E-state index contributed by atoms with van der Waals surface area (Å²) >= 11 is 3.32. The third-order valence-electron chi connectivity index (χ3n) is 3.16. The molecule has 3 rings (SSSR count). The van der Waals surface area contributed by atoms with Crippen molar-refractivity contribution in [2.24, 2.45) is 0 Å². The summed E-state index contributed by atoms with van der Waals surface area (Å²) in [6.45, 7) is 0. The Morgan fingerprint density at radius 2 is 1.73 bits per heavy atom. The summed E-state index contributed by atoms with van der Waals surface area (Å²) in [7, 11) is -3.89. The molecule has 0 aliphatic rings. The second kappa shape index (κ2) is 6.06. The molecule has 6 heteroatoms. The van der Waals surface area contributed by atoms with Gasteiger partial charge in [0.05, 0.1) is 0 Å². The summed E-state index contributed by atoms with van der Waals surface area (Å²) in [6, 6.07) is 15.4. The van der Waals surface area contributed by atoms with Crippen LogP contribution in [0.3, 0.4) is 0 Å². The molecule has 0 saturated heterocycles. The summed E-state index contributed by atoms with van der Waals surface area (Å²) in [5.74, 6) is 0.225. The number of hydrogen-bond donors (Lipinski definition) is 0. The molecule has 0 unspecified atom stereocenters. The number of halogens is 1. The molecule has 22 heavy (non-hydrogen) atoms. The number of pyridine rings is 1. The van der Waals surface area contributed by atoms with Gasteiger partial charge in [-0.05, 0) is 29.8 Å². The van der Waals surface area contributed by atoms with Crippen LogP contribution in [0.5, 0.6) is 5.75 Å². The predicted molar refractivity (Wildman–Crippen MR) is 88.6 cm³/mol. The van der Waals surface area contributed by atoms with Crippen molar-refractivity contribution < 1.29 is 12.6 Å². The van der Waals surface area contributed by atoms with Crippen molar-refractivity contribution in [3.8, 4) is 5.75 Å². The van der Waals surface area contributed by atoms with E-state index in [0.717, 1.165) is 10.9 Å². The molecule has 1 aromatic heterocycles. The number of aromatic nitrogens is 1. The van der Waals surface area contributed by atoms with Gasteiger partial charge < -0.3 is 4.18 Å². The summed E-state index contributed by atoms with van der Waals surface area (Å²) in [4.78, 5) is 4.31. The van der Waals surface area contributed by atoms with Gasteiger partial charge >= 0.3 is 10.1 Å². The maximum absolute atomic E-state index is 12.4. The molecule has 0 amide bonds. The van der Waals surface area contributed by atoms with Crippen molar-refractivity contribution in [3.63, 3.8) is 0 Å². The zero-order valence-corrected chi connectivity index (χ0v) is 13.8. The van der Waals surface area contributed by atoms with Crippen LogP contribution in [0.25, 0.3) is 10.9 Å². The van der Waals surface area contributed by atoms with Crippen molar-refractivity contribution in [1.82, 2.24) is 4.98 Å². The molecule has 0 aliphatic heterocycles. The van der Waals surface area contributed by atoms with Crippen molar-refractivity contribution in [2.75, 3.05) is 0 Å².